The van der Waals surface area contributed by atoms with Crippen LogP contribution in [0.5, 0.6) is 0 Å². The van der Waals surface area contributed by atoms with Crippen LogP contribution >= 0.6 is 0 Å². The Hall–Kier alpha value is -8.08. The second-order valence-corrected chi connectivity index (χ2v) is 16.5. The van der Waals surface area contributed by atoms with Crippen molar-refractivity contribution in [3.63, 3.8) is 0 Å². The molecule has 0 bridgehead atoms. The van der Waals surface area contributed by atoms with Crippen molar-refractivity contribution in [2.75, 3.05) is 0 Å². The molecule has 0 fully saturated rings. The summed E-state index contributed by atoms with van der Waals surface area (Å²) in [5.41, 5.74) is 15.9. The predicted octanol–water partition coefficient (Wildman–Crippen LogP) is 11.6. The van der Waals surface area contributed by atoms with Crippen LogP contribution in [0.15, 0.2) is 218 Å². The van der Waals surface area contributed by atoms with Gasteiger partial charge in [0.2, 0.25) is 0 Å². The van der Waals surface area contributed by atoms with Gasteiger partial charge in [-0.25, -0.2) is 15.0 Å². The van der Waals surface area contributed by atoms with Crippen LogP contribution in [0.2, 0.25) is 0 Å². The predicted molar refractivity (Wildman–Crippen MR) is 264 cm³/mol. The van der Waals surface area contributed by atoms with E-state index >= 15 is 0 Å². The van der Waals surface area contributed by atoms with Crippen LogP contribution in [0.25, 0.3) is 83.9 Å². The molecule has 12 rings (SSSR count). The van der Waals surface area contributed by atoms with Crippen molar-refractivity contribution in [1.82, 2.24) is 19.5 Å². The first kappa shape index (κ1) is 37.7. The van der Waals surface area contributed by atoms with Crippen LogP contribution in [0.1, 0.15) is 22.3 Å². The largest absolute Gasteiger partial charge is 0.309 e. The first-order valence-electron chi connectivity index (χ1n) is 21.5. The van der Waals surface area contributed by atoms with Gasteiger partial charge < -0.3 is 4.57 Å². The highest BCUT2D eigenvalue weighted by molar-refractivity contribution is 6.32. The third-order valence-electron chi connectivity index (χ3n) is 12.8. The van der Waals surface area contributed by atoms with Crippen LogP contribution in [-0.2, 0) is 5.41 Å². The summed E-state index contributed by atoms with van der Waals surface area (Å²) in [5, 5.41) is 2.40. The molecular formula is C58H36B2N4. The molecule has 0 unspecified atom stereocenters. The Balaban J connectivity index is 1.21. The number of nitrogens with zero attached hydrogens (tertiary/aromatic N) is 4. The van der Waals surface area contributed by atoms with Gasteiger partial charge in [-0.15, -0.1) is 0 Å². The fraction of sp³-hybridized carbons (Fsp3) is 0.0172. The zero-order valence-electron chi connectivity index (χ0n) is 34.7. The Bertz CT molecular complexity index is 3430. The average molecular weight is 811 g/mol. The summed E-state index contributed by atoms with van der Waals surface area (Å²) in [7, 11) is 12.3. The van der Waals surface area contributed by atoms with E-state index in [4.69, 9.17) is 30.6 Å². The van der Waals surface area contributed by atoms with Gasteiger partial charge in [0.1, 0.15) is 15.7 Å². The molecule has 4 nitrogen and oxygen atoms in total. The molecule has 0 spiro atoms. The van der Waals surface area contributed by atoms with Crippen molar-refractivity contribution in [2.24, 2.45) is 0 Å². The van der Waals surface area contributed by atoms with Crippen molar-refractivity contribution in [3.05, 3.63) is 241 Å². The number of fused-ring (bicyclic) bond motifs is 5. The number of rotatable bonds is 7. The lowest BCUT2D eigenvalue weighted by atomic mass is 9.62. The lowest BCUT2D eigenvalue weighted by Gasteiger charge is -2.42. The monoisotopic (exact) mass is 810 g/mol. The summed E-state index contributed by atoms with van der Waals surface area (Å²) in [4.78, 5) is 15.4. The molecule has 0 amide bonds. The van der Waals surface area contributed by atoms with E-state index in [0.717, 1.165) is 55.7 Å². The maximum Gasteiger partial charge on any atom is 0.164 e. The molecule has 294 valence electrons. The molecule has 0 saturated carbocycles. The van der Waals surface area contributed by atoms with Crippen LogP contribution in [0.3, 0.4) is 0 Å². The van der Waals surface area contributed by atoms with E-state index in [1.165, 1.54) is 33.0 Å². The SMILES string of the molecule is [B]c1ccc(-c2nc(-c3ccc([B])cc3)nc(-c3ccc4c(c3)C(c3ccccc3)(c3ccccc3)c3cc(-c5ccccc5)cc5c6cc(-c7ccccc7)ccc6n-4c35)n2)cc1. The number of aromatic nitrogens is 4. The van der Waals surface area contributed by atoms with E-state index < -0.39 is 5.41 Å². The number of hydrogen-bond donors (Lipinski definition) is 0. The second-order valence-electron chi connectivity index (χ2n) is 16.5. The van der Waals surface area contributed by atoms with Gasteiger partial charge in [-0.1, -0.05) is 187 Å². The molecule has 6 heteroatoms. The van der Waals surface area contributed by atoms with Gasteiger partial charge in [0.05, 0.1) is 22.1 Å². The van der Waals surface area contributed by atoms with E-state index in [0.29, 0.717) is 28.4 Å². The Morgan fingerprint density at radius 2 is 0.781 bits per heavy atom. The van der Waals surface area contributed by atoms with Crippen molar-refractivity contribution in [2.45, 2.75) is 5.41 Å². The van der Waals surface area contributed by atoms with Gasteiger partial charge in [-0.05, 0) is 87.0 Å². The van der Waals surface area contributed by atoms with Gasteiger partial charge in [0.25, 0.3) is 0 Å². The molecule has 0 N–H and O–H groups in total. The third kappa shape index (κ3) is 6.05. The van der Waals surface area contributed by atoms with E-state index in [-0.39, 0.29) is 0 Å². The van der Waals surface area contributed by atoms with E-state index in [1.54, 1.807) is 0 Å². The lowest BCUT2D eigenvalue weighted by Crippen LogP contribution is -2.35. The van der Waals surface area contributed by atoms with E-state index in [1.807, 2.05) is 48.5 Å². The first-order valence-corrected chi connectivity index (χ1v) is 21.5. The van der Waals surface area contributed by atoms with Crippen molar-refractivity contribution >= 4 is 48.4 Å². The summed E-state index contributed by atoms with van der Waals surface area (Å²) in [6.07, 6.45) is 0. The molecule has 3 heterocycles. The molecular weight excluding hydrogens is 774 g/mol. The van der Waals surface area contributed by atoms with Gasteiger partial charge in [0.15, 0.2) is 17.5 Å². The summed E-state index contributed by atoms with van der Waals surface area (Å²) >= 11 is 0. The van der Waals surface area contributed by atoms with Crippen LogP contribution < -0.4 is 10.9 Å². The maximum absolute atomic E-state index is 6.14. The van der Waals surface area contributed by atoms with Crippen molar-refractivity contribution in [1.29, 1.82) is 0 Å². The molecule has 64 heavy (non-hydrogen) atoms. The molecule has 0 atom stereocenters. The highest BCUT2D eigenvalue weighted by atomic mass is 15.0. The van der Waals surface area contributed by atoms with Gasteiger partial charge in [-0.3, -0.25) is 0 Å². The summed E-state index contributed by atoms with van der Waals surface area (Å²) in [6, 6.07) is 77.1. The van der Waals surface area contributed by atoms with Gasteiger partial charge >= 0.3 is 0 Å². The number of benzene rings is 9. The fourth-order valence-corrected chi connectivity index (χ4v) is 9.80. The van der Waals surface area contributed by atoms with Crippen molar-refractivity contribution < 1.29 is 0 Å². The Morgan fingerprint density at radius 3 is 1.33 bits per heavy atom. The number of hydrogen-bond acceptors (Lipinski definition) is 3. The van der Waals surface area contributed by atoms with Gasteiger partial charge in [0, 0.05) is 27.5 Å². The summed E-state index contributed by atoms with van der Waals surface area (Å²) < 4.78 is 2.49. The smallest absolute Gasteiger partial charge is 0.164 e. The van der Waals surface area contributed by atoms with Crippen molar-refractivity contribution in [3.8, 4) is 62.1 Å². The second kappa shape index (κ2) is 15.1. The Kier molecular flexibility index (Phi) is 8.87. The highest BCUT2D eigenvalue weighted by Gasteiger charge is 2.46. The average Bonchev–Trinajstić information content (AvgIpc) is 3.69. The van der Waals surface area contributed by atoms with Crippen LogP contribution in [-0.4, -0.2) is 35.2 Å². The normalized spacial score (nSPS) is 12.6. The Labute approximate surface area is 374 Å². The van der Waals surface area contributed by atoms with E-state index in [2.05, 4.69) is 174 Å². The van der Waals surface area contributed by atoms with Crippen LogP contribution in [0, 0.1) is 0 Å². The minimum absolute atomic E-state index is 0.553. The van der Waals surface area contributed by atoms with Gasteiger partial charge in [-0.2, -0.15) is 0 Å². The Morgan fingerprint density at radius 1 is 0.344 bits per heavy atom. The third-order valence-corrected chi connectivity index (χ3v) is 12.8. The highest BCUT2D eigenvalue weighted by Crippen LogP contribution is 2.56. The molecule has 0 aliphatic carbocycles. The standard InChI is InChI=1S/C58H36B2N4/c59-46-27-21-39(22-28-46)55-61-56(40-23-29-47(60)30-24-40)63-57(62-55)42-26-32-53-50(35-42)58(44-17-9-3-10-18-44,45-19-11-4-12-20-45)51-36-43(38-15-7-2-8-16-38)34-49-48-33-41(37-13-5-1-6-14-37)25-31-52(48)64(53)54(49)51/h1-36H. The van der Waals surface area contributed by atoms with E-state index in [9.17, 15) is 0 Å². The molecule has 11 aromatic rings. The molecule has 9 aromatic carbocycles. The first-order chi connectivity index (χ1) is 31.5. The minimum atomic E-state index is -0.768. The molecule has 1 aliphatic rings. The summed E-state index contributed by atoms with van der Waals surface area (Å²) in [5.74, 6) is 1.67. The topological polar surface area (TPSA) is 43.6 Å². The quantitative estimate of drug-likeness (QED) is 0.151. The molecule has 1 aliphatic heterocycles. The minimum Gasteiger partial charge on any atom is -0.309 e. The fourth-order valence-electron chi connectivity index (χ4n) is 9.80. The van der Waals surface area contributed by atoms with Crippen LogP contribution in [0.4, 0.5) is 0 Å². The summed E-state index contributed by atoms with van der Waals surface area (Å²) in [6.45, 7) is 0. The molecule has 0 saturated heterocycles. The lowest BCUT2D eigenvalue weighted by molar-refractivity contribution is 0.728. The molecule has 2 aromatic heterocycles. The molecule has 4 radical (unpaired) electrons. The maximum atomic E-state index is 6.14. The zero-order chi connectivity index (χ0) is 42.8. The zero-order valence-corrected chi connectivity index (χ0v) is 34.7.